The van der Waals surface area contributed by atoms with Crippen LogP contribution in [0.3, 0.4) is 0 Å². The Morgan fingerprint density at radius 2 is 2.17 bits per heavy atom. The maximum absolute atomic E-state index is 13.0. The van der Waals surface area contributed by atoms with Gasteiger partial charge in [0, 0.05) is 22.1 Å². The van der Waals surface area contributed by atoms with Crippen molar-refractivity contribution in [1.82, 2.24) is 15.2 Å². The zero-order valence-electron chi connectivity index (χ0n) is 19.3. The zero-order valence-corrected chi connectivity index (χ0v) is 21.8. The first kappa shape index (κ1) is 24.9. The lowest BCUT2D eigenvalue weighted by molar-refractivity contribution is -0.660. The van der Waals surface area contributed by atoms with Gasteiger partial charge in [0.2, 0.25) is 0 Å². The average molecular weight is 538 g/mol. The number of oxime groups is 1. The number of carboxylic acid groups (broad SMARTS) is 1. The molecule has 1 fully saturated rings. The highest BCUT2D eigenvalue weighted by atomic mass is 32.2. The maximum Gasteiger partial charge on any atom is 0.335 e. The number of nitrogens with zero attached hydrogens (tertiary/aromatic N) is 5. The second kappa shape index (κ2) is 9.83. The van der Waals surface area contributed by atoms with Gasteiger partial charge in [0.15, 0.2) is 10.8 Å². The Kier molecular flexibility index (Phi) is 7.00. The summed E-state index contributed by atoms with van der Waals surface area (Å²) in [5, 5.41) is 22.6. The molecule has 2 aromatic rings. The lowest BCUT2D eigenvalue weighted by Gasteiger charge is -2.50. The van der Waals surface area contributed by atoms with Gasteiger partial charge in [0.05, 0.1) is 25.8 Å². The molecule has 0 bridgehead atoms. The van der Waals surface area contributed by atoms with Gasteiger partial charge in [0.25, 0.3) is 11.8 Å². The number of rotatable bonds is 8. The number of fused-ring (bicyclic) bond motifs is 1. The van der Waals surface area contributed by atoms with Gasteiger partial charge < -0.3 is 25.8 Å². The minimum absolute atomic E-state index is 0.135. The quantitative estimate of drug-likeness (QED) is 0.183. The van der Waals surface area contributed by atoms with Crippen LogP contribution in [0.2, 0.25) is 0 Å². The van der Waals surface area contributed by atoms with E-state index < -0.39 is 29.2 Å². The van der Waals surface area contributed by atoms with E-state index in [0.29, 0.717) is 17.9 Å². The van der Waals surface area contributed by atoms with Gasteiger partial charge in [-0.15, -0.1) is 23.1 Å². The highest BCUT2D eigenvalue weighted by Gasteiger charge is 2.53. The van der Waals surface area contributed by atoms with Crippen LogP contribution < -0.4 is 25.6 Å². The topological polar surface area (TPSA) is 157 Å². The summed E-state index contributed by atoms with van der Waals surface area (Å²) in [4.78, 5) is 49.8. The number of aryl methyl sites for hydroxylation is 1. The molecule has 1 saturated heterocycles. The van der Waals surface area contributed by atoms with Crippen molar-refractivity contribution in [2.45, 2.75) is 18.3 Å². The molecule has 0 aromatic carbocycles. The minimum atomic E-state index is -1.43. The first-order valence-electron chi connectivity index (χ1n) is 10.3. The van der Waals surface area contributed by atoms with E-state index in [1.165, 1.54) is 23.8 Å². The third kappa shape index (κ3) is 4.58. The Morgan fingerprint density at radius 3 is 2.74 bits per heavy atom. The minimum Gasteiger partial charge on any atom is -0.543 e. The van der Waals surface area contributed by atoms with Gasteiger partial charge in [-0.05, 0) is 6.92 Å². The number of hydrogen-bond acceptors (Lipinski definition) is 12. The summed E-state index contributed by atoms with van der Waals surface area (Å²) >= 11 is 4.05. The third-order valence-electron chi connectivity index (χ3n) is 5.59. The fourth-order valence-corrected chi connectivity index (χ4v) is 6.71. The summed E-state index contributed by atoms with van der Waals surface area (Å²) in [5.41, 5.74) is 7.22. The number of carboxylic acids is 1. The number of nitrogen functional groups attached to an aromatic ring is 1. The molecule has 15 heteroatoms. The molecule has 0 spiro atoms. The molecule has 0 unspecified atom stereocenters. The number of carbonyl (C=O) groups is 3. The fraction of sp³-hybridized carbons (Fsp3) is 0.400. The number of nitrogens with two attached hydrogens (primary N) is 1. The average Bonchev–Trinajstić information content (AvgIpc) is 3.39. The van der Waals surface area contributed by atoms with Gasteiger partial charge in [-0.25, -0.2) is 9.55 Å². The largest absolute Gasteiger partial charge is 0.543 e. The number of β-lactam (4-membered cyclic amide) rings is 1. The van der Waals surface area contributed by atoms with Gasteiger partial charge >= 0.3 is 5.13 Å². The van der Waals surface area contributed by atoms with E-state index in [1.807, 2.05) is 35.9 Å². The van der Waals surface area contributed by atoms with E-state index in [-0.39, 0.29) is 22.2 Å². The molecule has 0 aliphatic carbocycles. The second-order valence-electron chi connectivity index (χ2n) is 7.87. The van der Waals surface area contributed by atoms with E-state index in [9.17, 15) is 19.5 Å². The number of aromatic nitrogens is 2. The third-order valence-corrected chi connectivity index (χ3v) is 8.86. The van der Waals surface area contributed by atoms with Crippen molar-refractivity contribution in [3.63, 3.8) is 0 Å². The monoisotopic (exact) mass is 537 g/mol. The van der Waals surface area contributed by atoms with Crippen LogP contribution in [0.1, 0.15) is 11.4 Å². The second-order valence-corrected chi connectivity index (χ2v) is 10.7. The Bertz CT molecular complexity index is 1250. The Balaban J connectivity index is 1.52. The zero-order chi connectivity index (χ0) is 25.4. The molecule has 2 atom stereocenters. The van der Waals surface area contributed by atoms with Crippen LogP contribution in [-0.4, -0.2) is 71.3 Å². The van der Waals surface area contributed by atoms with Crippen LogP contribution >= 0.6 is 34.4 Å². The lowest BCUT2D eigenvalue weighted by Crippen LogP contribution is -2.71. The summed E-state index contributed by atoms with van der Waals surface area (Å²) in [7, 11) is 5.08. The van der Waals surface area contributed by atoms with Crippen LogP contribution in [0, 0.1) is 6.92 Å². The molecule has 0 radical (unpaired) electrons. The number of hydrogen-bond donors (Lipinski definition) is 2. The molecule has 186 valence electrons. The number of aliphatic carboxylic acids is 1. The Labute approximate surface area is 213 Å². The van der Waals surface area contributed by atoms with Gasteiger partial charge in [0.1, 0.15) is 36.5 Å². The summed E-state index contributed by atoms with van der Waals surface area (Å²) in [6.45, 7) is 2.30. The number of thiazole rings is 2. The van der Waals surface area contributed by atoms with Crippen LogP contribution in [0.5, 0.6) is 0 Å². The molecule has 3 N–H and O–H groups in total. The van der Waals surface area contributed by atoms with Crippen LogP contribution in [-0.2, 0) is 26.3 Å². The number of carbonyl (C=O) groups excluding carboxylic acids is 3. The predicted octanol–water partition coefficient (Wildman–Crippen LogP) is -1.19. The van der Waals surface area contributed by atoms with E-state index >= 15 is 0 Å². The Hall–Kier alpha value is -3.17. The standard InChI is InChI=1S/C20H23N7O5S3/c1-9-6-35-20(26(9)3)25(2)5-10-7-33-17-13(16(29)27(17)14(10)18(30)31)23-15(28)12(24-32-4)11-8-34-19(21)22-11/h6,8,13,17H,5,7H2,1-4H3,(H3-,21,22,23,28,30,31)/b24-12+/t13-,17-/m1/s1. The number of nitrogens with one attached hydrogen (secondary N) is 1. The van der Waals surface area contributed by atoms with Crippen molar-refractivity contribution in [2.24, 2.45) is 12.2 Å². The van der Waals surface area contributed by atoms with Gasteiger partial charge in [-0.3, -0.25) is 19.4 Å². The molecule has 12 nitrogen and oxygen atoms in total. The van der Waals surface area contributed by atoms with Crippen molar-refractivity contribution in [3.8, 4) is 0 Å². The van der Waals surface area contributed by atoms with Crippen molar-refractivity contribution in [2.75, 3.05) is 37.1 Å². The number of amides is 2. The molecule has 2 amide bonds. The molecular weight excluding hydrogens is 514 g/mol. The molecule has 4 heterocycles. The van der Waals surface area contributed by atoms with E-state index in [2.05, 4.69) is 15.5 Å². The van der Waals surface area contributed by atoms with Crippen molar-refractivity contribution >= 4 is 68.2 Å². The highest BCUT2D eigenvalue weighted by molar-refractivity contribution is 8.00. The summed E-state index contributed by atoms with van der Waals surface area (Å²) < 4.78 is 2.01. The lowest BCUT2D eigenvalue weighted by atomic mass is 10.0. The molecule has 4 rings (SSSR count). The fourth-order valence-electron chi connectivity index (χ4n) is 3.84. The van der Waals surface area contributed by atoms with Gasteiger partial charge in [-0.2, -0.15) is 0 Å². The van der Waals surface area contributed by atoms with E-state index in [1.54, 1.807) is 16.7 Å². The molecule has 35 heavy (non-hydrogen) atoms. The van der Waals surface area contributed by atoms with Crippen LogP contribution in [0.15, 0.2) is 27.2 Å². The predicted molar refractivity (Wildman–Crippen MR) is 131 cm³/mol. The number of likely N-dealkylation sites (N-methyl/N-ethyl adjacent to an activating group) is 1. The van der Waals surface area contributed by atoms with E-state index in [4.69, 9.17) is 10.6 Å². The number of anilines is 2. The Morgan fingerprint density at radius 1 is 1.43 bits per heavy atom. The first-order valence-corrected chi connectivity index (χ1v) is 13.1. The highest BCUT2D eigenvalue weighted by Crippen LogP contribution is 2.40. The molecule has 2 aliphatic rings. The molecule has 0 saturated carbocycles. The van der Waals surface area contributed by atoms with Crippen molar-refractivity contribution < 1.29 is 28.9 Å². The van der Waals surface area contributed by atoms with Gasteiger partial charge in [-0.1, -0.05) is 16.5 Å². The van der Waals surface area contributed by atoms with Crippen molar-refractivity contribution in [1.29, 1.82) is 0 Å². The first-order chi connectivity index (χ1) is 16.6. The molecule has 2 aliphatic heterocycles. The molecule has 2 aromatic heterocycles. The molecular formula is C20H23N7O5S3. The van der Waals surface area contributed by atoms with Crippen LogP contribution in [0.25, 0.3) is 0 Å². The summed E-state index contributed by atoms with van der Waals surface area (Å²) in [6.07, 6.45) is 0. The summed E-state index contributed by atoms with van der Waals surface area (Å²) in [5.74, 6) is -2.28. The number of thioether (sulfide) groups is 1. The maximum atomic E-state index is 13.0. The smallest absolute Gasteiger partial charge is 0.335 e. The van der Waals surface area contributed by atoms with E-state index in [0.717, 1.165) is 22.2 Å². The van der Waals surface area contributed by atoms with Crippen LogP contribution in [0.4, 0.5) is 10.3 Å². The summed E-state index contributed by atoms with van der Waals surface area (Å²) in [6, 6.07) is -0.933. The SMILES string of the molecule is CO/N=C(/C(=O)N[C@@H]1C(=O)N2C(C(=O)[O-])=C(CN(C)c3scc(C)[n+]3C)CS[C@H]12)c1csc(N)n1. The normalized spacial score (nSPS) is 19.8. The van der Waals surface area contributed by atoms with Crippen molar-refractivity contribution in [3.05, 3.63) is 33.4 Å².